The molecule has 4 nitrogen and oxygen atoms in total. The van der Waals surface area contributed by atoms with Gasteiger partial charge in [-0.1, -0.05) is 0 Å². The molecule has 2 heterocycles. The highest BCUT2D eigenvalue weighted by Crippen LogP contribution is 2.19. The normalized spacial score (nSPS) is 15.2. The molecule has 1 fully saturated rings. The van der Waals surface area contributed by atoms with Crippen LogP contribution in [0.25, 0.3) is 0 Å². The smallest absolute Gasteiger partial charge is 0.276 e. The number of amides is 1. The monoisotopic (exact) mass is 220 g/mol. The Kier molecular flexibility index (Phi) is 3.39. The highest BCUT2D eigenvalue weighted by molar-refractivity contribution is 5.95. The van der Waals surface area contributed by atoms with Gasteiger partial charge in [0.2, 0.25) is 0 Å². The maximum absolute atomic E-state index is 12.1. The summed E-state index contributed by atoms with van der Waals surface area (Å²) in [4.78, 5) is 18.1. The predicted molar refractivity (Wildman–Crippen MR) is 60.5 cm³/mol. The van der Waals surface area contributed by atoms with Gasteiger partial charge in [0.05, 0.1) is 6.61 Å². The van der Waals surface area contributed by atoms with Crippen LogP contribution in [0, 0.1) is 0 Å². The fourth-order valence-electron chi connectivity index (χ4n) is 1.89. The number of aromatic nitrogens is 1. The Balaban J connectivity index is 2.21. The molecule has 0 unspecified atom stereocenters. The van der Waals surface area contributed by atoms with E-state index in [4.69, 9.17) is 4.74 Å². The lowest BCUT2D eigenvalue weighted by Gasteiger charge is -2.16. The van der Waals surface area contributed by atoms with Crippen LogP contribution in [-0.2, 0) is 0 Å². The molecule has 0 bridgehead atoms. The first-order valence-corrected chi connectivity index (χ1v) is 5.70. The highest BCUT2D eigenvalue weighted by atomic mass is 16.5. The zero-order valence-corrected chi connectivity index (χ0v) is 9.48. The van der Waals surface area contributed by atoms with Gasteiger partial charge in [0.15, 0.2) is 11.4 Å². The molecule has 1 aliphatic rings. The van der Waals surface area contributed by atoms with Crippen LogP contribution in [-0.4, -0.2) is 35.5 Å². The molecule has 0 radical (unpaired) electrons. The fraction of sp³-hybridized carbons (Fsp3) is 0.500. The summed E-state index contributed by atoms with van der Waals surface area (Å²) in [6, 6.07) is 3.57. The molecule has 1 aromatic heterocycles. The third kappa shape index (κ3) is 2.15. The van der Waals surface area contributed by atoms with E-state index in [9.17, 15) is 4.79 Å². The molecule has 0 aliphatic carbocycles. The second-order valence-corrected chi connectivity index (χ2v) is 3.78. The van der Waals surface area contributed by atoms with Crippen molar-refractivity contribution < 1.29 is 9.53 Å². The summed E-state index contributed by atoms with van der Waals surface area (Å²) in [5.41, 5.74) is 0.436. The van der Waals surface area contributed by atoms with Crippen molar-refractivity contribution in [3.05, 3.63) is 24.0 Å². The Morgan fingerprint density at radius 3 is 2.94 bits per heavy atom. The standard InChI is InChI=1S/C12H16N2O2/c1-2-16-10-6-5-7-13-11(10)12(15)14-8-3-4-9-14/h5-7H,2-4,8-9H2,1H3. The van der Waals surface area contributed by atoms with Gasteiger partial charge in [-0.3, -0.25) is 4.79 Å². The Hall–Kier alpha value is -1.58. The van der Waals surface area contributed by atoms with Gasteiger partial charge in [0.25, 0.3) is 5.91 Å². The molecule has 1 amide bonds. The Labute approximate surface area is 95.2 Å². The summed E-state index contributed by atoms with van der Waals surface area (Å²) in [6.07, 6.45) is 3.80. The summed E-state index contributed by atoms with van der Waals surface area (Å²) in [5, 5.41) is 0. The van der Waals surface area contributed by atoms with E-state index >= 15 is 0 Å². The van der Waals surface area contributed by atoms with Gasteiger partial charge in [-0.25, -0.2) is 4.98 Å². The van der Waals surface area contributed by atoms with E-state index in [0.717, 1.165) is 25.9 Å². The number of hydrogen-bond donors (Lipinski definition) is 0. The molecular weight excluding hydrogens is 204 g/mol. The topological polar surface area (TPSA) is 42.4 Å². The third-order valence-electron chi connectivity index (χ3n) is 2.67. The lowest BCUT2D eigenvalue weighted by atomic mass is 10.3. The first-order valence-electron chi connectivity index (χ1n) is 5.70. The number of carbonyl (C=O) groups excluding carboxylic acids is 1. The van der Waals surface area contributed by atoms with Crippen LogP contribution in [0.2, 0.25) is 0 Å². The van der Waals surface area contributed by atoms with Gasteiger partial charge in [0, 0.05) is 19.3 Å². The maximum atomic E-state index is 12.1. The number of hydrogen-bond acceptors (Lipinski definition) is 3. The predicted octanol–water partition coefficient (Wildman–Crippen LogP) is 1.72. The van der Waals surface area contributed by atoms with Crippen molar-refractivity contribution in [2.24, 2.45) is 0 Å². The first-order chi connectivity index (χ1) is 7.83. The second-order valence-electron chi connectivity index (χ2n) is 3.78. The summed E-state index contributed by atoms with van der Waals surface area (Å²) in [7, 11) is 0. The number of rotatable bonds is 3. The summed E-state index contributed by atoms with van der Waals surface area (Å²) in [5.74, 6) is 0.573. The molecule has 0 atom stereocenters. The van der Waals surface area contributed by atoms with Crippen LogP contribution >= 0.6 is 0 Å². The van der Waals surface area contributed by atoms with Gasteiger partial charge in [0.1, 0.15) is 0 Å². The van der Waals surface area contributed by atoms with Crippen LogP contribution in [0.1, 0.15) is 30.3 Å². The Morgan fingerprint density at radius 2 is 2.25 bits per heavy atom. The van der Waals surface area contributed by atoms with Gasteiger partial charge < -0.3 is 9.64 Å². The molecule has 1 saturated heterocycles. The SMILES string of the molecule is CCOc1cccnc1C(=O)N1CCCC1. The average Bonchev–Trinajstić information content (AvgIpc) is 2.83. The van der Waals surface area contributed by atoms with E-state index in [1.165, 1.54) is 0 Å². The lowest BCUT2D eigenvalue weighted by Crippen LogP contribution is -2.28. The third-order valence-corrected chi connectivity index (χ3v) is 2.67. The maximum Gasteiger partial charge on any atom is 0.276 e. The Morgan fingerprint density at radius 1 is 1.50 bits per heavy atom. The van der Waals surface area contributed by atoms with Gasteiger partial charge >= 0.3 is 0 Å². The van der Waals surface area contributed by atoms with Crippen LogP contribution in [0.5, 0.6) is 5.75 Å². The zero-order valence-electron chi connectivity index (χ0n) is 9.48. The highest BCUT2D eigenvalue weighted by Gasteiger charge is 2.23. The molecule has 0 spiro atoms. The first kappa shape index (κ1) is 10.9. The number of carbonyl (C=O) groups is 1. The number of ether oxygens (including phenoxy) is 1. The van der Waals surface area contributed by atoms with Crippen LogP contribution < -0.4 is 4.74 Å². The van der Waals surface area contributed by atoms with Gasteiger partial charge in [-0.2, -0.15) is 0 Å². The number of pyridine rings is 1. The van der Waals surface area contributed by atoms with Crippen molar-refractivity contribution in [3.63, 3.8) is 0 Å². The largest absolute Gasteiger partial charge is 0.491 e. The van der Waals surface area contributed by atoms with E-state index in [-0.39, 0.29) is 5.91 Å². The molecule has 1 aliphatic heterocycles. The number of nitrogens with zero attached hydrogens (tertiary/aromatic N) is 2. The van der Waals surface area contributed by atoms with E-state index in [1.807, 2.05) is 11.8 Å². The van der Waals surface area contributed by atoms with Crippen LogP contribution in [0.15, 0.2) is 18.3 Å². The Bertz CT molecular complexity index is 373. The lowest BCUT2D eigenvalue weighted by molar-refractivity contribution is 0.0782. The molecule has 0 saturated carbocycles. The molecule has 0 aromatic carbocycles. The van der Waals surface area contributed by atoms with Crippen molar-refractivity contribution in [2.45, 2.75) is 19.8 Å². The van der Waals surface area contributed by atoms with Crippen LogP contribution in [0.3, 0.4) is 0 Å². The molecule has 2 rings (SSSR count). The summed E-state index contributed by atoms with van der Waals surface area (Å²) in [6.45, 7) is 4.12. The molecular formula is C12H16N2O2. The molecule has 0 N–H and O–H groups in total. The minimum absolute atomic E-state index is 0.0125. The van der Waals surface area contributed by atoms with Gasteiger partial charge in [-0.15, -0.1) is 0 Å². The van der Waals surface area contributed by atoms with Crippen molar-refractivity contribution >= 4 is 5.91 Å². The van der Waals surface area contributed by atoms with Crippen LogP contribution in [0.4, 0.5) is 0 Å². The van der Waals surface area contributed by atoms with E-state index in [2.05, 4.69) is 4.98 Å². The van der Waals surface area contributed by atoms with Gasteiger partial charge in [-0.05, 0) is 31.9 Å². The van der Waals surface area contributed by atoms with Crippen molar-refractivity contribution in [1.29, 1.82) is 0 Å². The molecule has 4 heteroatoms. The minimum Gasteiger partial charge on any atom is -0.491 e. The van der Waals surface area contributed by atoms with Crippen molar-refractivity contribution in [3.8, 4) is 5.75 Å². The molecule has 1 aromatic rings. The summed E-state index contributed by atoms with van der Waals surface area (Å²) < 4.78 is 5.41. The number of likely N-dealkylation sites (tertiary alicyclic amines) is 1. The van der Waals surface area contributed by atoms with Crippen molar-refractivity contribution in [1.82, 2.24) is 9.88 Å². The minimum atomic E-state index is -0.0125. The van der Waals surface area contributed by atoms with E-state index < -0.39 is 0 Å². The van der Waals surface area contributed by atoms with E-state index in [0.29, 0.717) is 18.1 Å². The average molecular weight is 220 g/mol. The van der Waals surface area contributed by atoms with Crippen molar-refractivity contribution in [2.75, 3.05) is 19.7 Å². The quantitative estimate of drug-likeness (QED) is 0.778. The van der Waals surface area contributed by atoms with E-state index in [1.54, 1.807) is 18.3 Å². The summed E-state index contributed by atoms with van der Waals surface area (Å²) >= 11 is 0. The fourth-order valence-corrected chi connectivity index (χ4v) is 1.89. The second kappa shape index (κ2) is 4.96. The molecule has 16 heavy (non-hydrogen) atoms. The molecule has 86 valence electrons. The zero-order chi connectivity index (χ0) is 11.4.